The number of aryl methyl sites for hydroxylation is 1. The van der Waals surface area contributed by atoms with Crippen LogP contribution in [-0.2, 0) is 14.8 Å². The molecule has 0 radical (unpaired) electrons. The number of carbonyl (C=O) groups is 1. The first-order chi connectivity index (χ1) is 14.2. The normalized spacial score (nSPS) is 11.4. The summed E-state index contributed by atoms with van der Waals surface area (Å²) in [6.45, 7) is 7.22. The third-order valence-corrected chi connectivity index (χ3v) is 5.89. The van der Waals surface area contributed by atoms with E-state index in [0.29, 0.717) is 31.2 Å². The first-order valence-electron chi connectivity index (χ1n) is 10.2. The van der Waals surface area contributed by atoms with Crippen LogP contribution in [0.2, 0.25) is 0 Å². The van der Waals surface area contributed by atoms with E-state index in [1.807, 2.05) is 55.5 Å². The summed E-state index contributed by atoms with van der Waals surface area (Å²) in [7, 11) is -3.42. The van der Waals surface area contributed by atoms with Gasteiger partial charge in [0.15, 0.2) is 0 Å². The number of nitrogens with one attached hydrogen (secondary N) is 1. The Kier molecular flexibility index (Phi) is 8.72. The number of carbonyl (C=O) groups excluding carboxylic acids is 1. The Hall–Kier alpha value is -2.54. The van der Waals surface area contributed by atoms with E-state index in [1.54, 1.807) is 0 Å². The lowest BCUT2D eigenvalue weighted by atomic mass is 10.0. The Labute approximate surface area is 180 Å². The molecule has 0 aliphatic heterocycles. The number of nitrogens with zero attached hydrogens (tertiary/aromatic N) is 1. The van der Waals surface area contributed by atoms with Gasteiger partial charge in [0.2, 0.25) is 15.9 Å². The SMILES string of the molecule is Cc1cccc(OCCNC(=O)CCCN(c2ccc(C(C)C)cc2)S(C)(=O)=O)c1. The highest BCUT2D eigenvalue weighted by Crippen LogP contribution is 2.22. The van der Waals surface area contributed by atoms with Crippen molar-refractivity contribution in [3.8, 4) is 5.75 Å². The Balaban J connectivity index is 1.78. The van der Waals surface area contributed by atoms with Crippen molar-refractivity contribution in [1.29, 1.82) is 0 Å². The molecule has 0 saturated heterocycles. The van der Waals surface area contributed by atoms with Crippen molar-refractivity contribution < 1.29 is 17.9 Å². The molecule has 1 N–H and O–H groups in total. The fourth-order valence-electron chi connectivity index (χ4n) is 3.05. The van der Waals surface area contributed by atoms with Crippen molar-refractivity contribution in [3.63, 3.8) is 0 Å². The number of anilines is 1. The molecule has 0 aliphatic carbocycles. The second-order valence-electron chi connectivity index (χ2n) is 7.70. The molecule has 0 bridgehead atoms. The molecule has 0 fully saturated rings. The van der Waals surface area contributed by atoms with E-state index in [4.69, 9.17) is 4.74 Å². The van der Waals surface area contributed by atoms with Crippen LogP contribution < -0.4 is 14.4 Å². The zero-order valence-electron chi connectivity index (χ0n) is 18.2. The average molecular weight is 433 g/mol. The van der Waals surface area contributed by atoms with Crippen LogP contribution in [0.5, 0.6) is 5.75 Å². The Morgan fingerprint density at radius 1 is 1.13 bits per heavy atom. The third kappa shape index (κ3) is 7.71. The second-order valence-corrected chi connectivity index (χ2v) is 9.61. The number of hydrogen-bond donors (Lipinski definition) is 1. The molecule has 0 aliphatic rings. The molecule has 2 aromatic carbocycles. The molecule has 6 nitrogen and oxygen atoms in total. The van der Waals surface area contributed by atoms with E-state index in [1.165, 1.54) is 10.6 Å². The van der Waals surface area contributed by atoms with E-state index in [-0.39, 0.29) is 18.9 Å². The van der Waals surface area contributed by atoms with E-state index in [2.05, 4.69) is 19.2 Å². The Morgan fingerprint density at radius 3 is 2.43 bits per heavy atom. The van der Waals surface area contributed by atoms with Crippen molar-refractivity contribution >= 4 is 21.6 Å². The maximum absolute atomic E-state index is 12.2. The van der Waals surface area contributed by atoms with Crippen LogP contribution in [0.4, 0.5) is 5.69 Å². The molecular weight excluding hydrogens is 400 g/mol. The van der Waals surface area contributed by atoms with E-state index < -0.39 is 10.0 Å². The summed E-state index contributed by atoms with van der Waals surface area (Å²) in [6, 6.07) is 15.3. The molecule has 0 aromatic heterocycles. The van der Waals surface area contributed by atoms with Gasteiger partial charge in [0.1, 0.15) is 12.4 Å². The first kappa shape index (κ1) is 23.7. The summed E-state index contributed by atoms with van der Waals surface area (Å²) in [4.78, 5) is 12.1. The molecule has 7 heteroatoms. The summed E-state index contributed by atoms with van der Waals surface area (Å²) in [6.07, 6.45) is 1.87. The third-order valence-electron chi connectivity index (χ3n) is 4.70. The van der Waals surface area contributed by atoms with Crippen LogP contribution in [0.15, 0.2) is 48.5 Å². The molecule has 2 aromatic rings. The van der Waals surface area contributed by atoms with E-state index in [0.717, 1.165) is 16.9 Å². The molecule has 2 rings (SSSR count). The molecule has 0 unspecified atom stereocenters. The molecule has 0 saturated carbocycles. The lowest BCUT2D eigenvalue weighted by molar-refractivity contribution is -0.121. The highest BCUT2D eigenvalue weighted by molar-refractivity contribution is 7.92. The minimum Gasteiger partial charge on any atom is -0.492 e. The van der Waals surface area contributed by atoms with Gasteiger partial charge in [0.05, 0.1) is 18.5 Å². The van der Waals surface area contributed by atoms with Crippen LogP contribution in [-0.4, -0.2) is 40.3 Å². The molecule has 0 heterocycles. The minimum absolute atomic E-state index is 0.119. The van der Waals surface area contributed by atoms with Crippen LogP contribution in [0.1, 0.15) is 43.7 Å². The van der Waals surface area contributed by atoms with Gasteiger partial charge in [-0.25, -0.2) is 8.42 Å². The van der Waals surface area contributed by atoms with Crippen molar-refractivity contribution in [3.05, 3.63) is 59.7 Å². The number of amides is 1. The highest BCUT2D eigenvalue weighted by Gasteiger charge is 2.17. The molecule has 1 amide bonds. The zero-order valence-corrected chi connectivity index (χ0v) is 19.0. The zero-order chi connectivity index (χ0) is 22.1. The van der Waals surface area contributed by atoms with Gasteiger partial charge in [-0.15, -0.1) is 0 Å². The molecule has 0 spiro atoms. The van der Waals surface area contributed by atoms with Crippen LogP contribution in [0.3, 0.4) is 0 Å². The van der Waals surface area contributed by atoms with Gasteiger partial charge in [0.25, 0.3) is 0 Å². The van der Waals surface area contributed by atoms with Gasteiger partial charge >= 0.3 is 0 Å². The van der Waals surface area contributed by atoms with Crippen LogP contribution in [0, 0.1) is 6.92 Å². The van der Waals surface area contributed by atoms with Gasteiger partial charge in [-0.05, 0) is 54.7 Å². The maximum atomic E-state index is 12.2. The van der Waals surface area contributed by atoms with E-state index in [9.17, 15) is 13.2 Å². The molecule has 164 valence electrons. The second kappa shape index (κ2) is 11.0. The maximum Gasteiger partial charge on any atom is 0.232 e. The Bertz CT molecular complexity index is 924. The lowest BCUT2D eigenvalue weighted by Crippen LogP contribution is -2.32. The molecular formula is C23H32N2O4S. The summed E-state index contributed by atoms with van der Waals surface area (Å²) in [5, 5.41) is 2.81. The largest absolute Gasteiger partial charge is 0.492 e. The Morgan fingerprint density at radius 2 is 1.83 bits per heavy atom. The monoisotopic (exact) mass is 432 g/mol. The number of hydrogen-bond acceptors (Lipinski definition) is 4. The average Bonchev–Trinajstić information content (AvgIpc) is 2.68. The van der Waals surface area contributed by atoms with Gasteiger partial charge in [-0.2, -0.15) is 0 Å². The predicted molar refractivity (Wildman–Crippen MR) is 122 cm³/mol. The van der Waals surface area contributed by atoms with Crippen molar-refractivity contribution in [1.82, 2.24) is 5.32 Å². The molecule has 30 heavy (non-hydrogen) atoms. The van der Waals surface area contributed by atoms with Crippen molar-refractivity contribution in [2.75, 3.05) is 30.3 Å². The van der Waals surface area contributed by atoms with E-state index >= 15 is 0 Å². The lowest BCUT2D eigenvalue weighted by Gasteiger charge is -2.23. The summed E-state index contributed by atoms with van der Waals surface area (Å²) in [5.41, 5.74) is 2.89. The van der Waals surface area contributed by atoms with Crippen molar-refractivity contribution in [2.24, 2.45) is 0 Å². The topological polar surface area (TPSA) is 75.7 Å². The van der Waals surface area contributed by atoms with Crippen LogP contribution in [0.25, 0.3) is 0 Å². The standard InChI is InChI=1S/C23H32N2O4S/c1-18(2)20-10-12-21(13-11-20)25(30(4,27)28)15-6-9-23(26)24-14-16-29-22-8-5-7-19(3)17-22/h5,7-8,10-13,17-18H,6,9,14-16H2,1-4H3,(H,24,26). The number of rotatable bonds is 11. The van der Waals surface area contributed by atoms with Crippen molar-refractivity contribution in [2.45, 2.75) is 39.5 Å². The predicted octanol–water partition coefficient (Wildman–Crippen LogP) is 3.86. The number of ether oxygens (including phenoxy) is 1. The van der Waals surface area contributed by atoms with Gasteiger partial charge < -0.3 is 10.1 Å². The summed E-state index contributed by atoms with van der Waals surface area (Å²) in [5.74, 6) is 1.03. The first-order valence-corrected chi connectivity index (χ1v) is 12.1. The number of benzene rings is 2. The smallest absolute Gasteiger partial charge is 0.232 e. The van der Waals surface area contributed by atoms with Gasteiger partial charge in [-0.3, -0.25) is 9.10 Å². The fraction of sp³-hybridized carbons (Fsp3) is 0.435. The van der Waals surface area contributed by atoms with Gasteiger partial charge in [0, 0.05) is 13.0 Å². The summed E-state index contributed by atoms with van der Waals surface area (Å²) >= 11 is 0. The fourth-order valence-corrected chi connectivity index (χ4v) is 4.01. The van der Waals surface area contributed by atoms with Gasteiger partial charge in [-0.1, -0.05) is 38.1 Å². The minimum atomic E-state index is -3.42. The summed E-state index contributed by atoms with van der Waals surface area (Å²) < 4.78 is 31.4. The molecule has 0 atom stereocenters. The quantitative estimate of drug-likeness (QED) is 0.547. The van der Waals surface area contributed by atoms with Crippen LogP contribution >= 0.6 is 0 Å². The number of sulfonamides is 1. The highest BCUT2D eigenvalue weighted by atomic mass is 32.2.